The van der Waals surface area contributed by atoms with Gasteiger partial charge in [0.05, 0.1) is 6.61 Å². The van der Waals surface area contributed by atoms with Gasteiger partial charge in [0.15, 0.2) is 0 Å². The molecule has 0 radical (unpaired) electrons. The zero-order chi connectivity index (χ0) is 12.7. The van der Waals surface area contributed by atoms with E-state index < -0.39 is 0 Å². The Morgan fingerprint density at radius 2 is 2.24 bits per heavy atom. The lowest BCUT2D eigenvalue weighted by Gasteiger charge is -2.04. The summed E-state index contributed by atoms with van der Waals surface area (Å²) in [7, 11) is 0. The molecule has 1 N–H and O–H groups in total. The van der Waals surface area contributed by atoms with Crippen molar-refractivity contribution in [3.05, 3.63) is 35.7 Å². The van der Waals surface area contributed by atoms with Gasteiger partial charge < -0.3 is 10.1 Å². The molecule has 0 fully saturated rings. The number of ether oxygens (including phenoxy) is 1. The Kier molecular flexibility index (Phi) is 5.20. The van der Waals surface area contributed by atoms with E-state index in [1.807, 2.05) is 6.92 Å². The third kappa shape index (κ3) is 5.15. The Balaban J connectivity index is 2.66. The van der Waals surface area contributed by atoms with Crippen LogP contribution in [0.1, 0.15) is 19.4 Å². The number of carbonyl (C=O) groups is 1. The number of halogens is 1. The Hall–Kier alpha value is -1.84. The van der Waals surface area contributed by atoms with Gasteiger partial charge in [0.1, 0.15) is 11.6 Å². The van der Waals surface area contributed by atoms with Crippen LogP contribution in [0.25, 0.3) is 6.08 Å². The zero-order valence-corrected chi connectivity index (χ0v) is 10.00. The molecule has 17 heavy (non-hydrogen) atoms. The van der Waals surface area contributed by atoms with Gasteiger partial charge in [0.2, 0.25) is 5.91 Å². The summed E-state index contributed by atoms with van der Waals surface area (Å²) in [4.78, 5) is 10.6. The summed E-state index contributed by atoms with van der Waals surface area (Å²) in [5, 5.41) is 2.62. The van der Waals surface area contributed by atoms with Crippen LogP contribution in [0.2, 0.25) is 0 Å². The Morgan fingerprint density at radius 1 is 1.47 bits per heavy atom. The Labute approximate surface area is 100 Å². The average Bonchev–Trinajstić information content (AvgIpc) is 2.24. The Morgan fingerprint density at radius 3 is 2.88 bits per heavy atom. The maximum absolute atomic E-state index is 13.2. The molecule has 0 aliphatic carbocycles. The minimum Gasteiger partial charge on any atom is -0.494 e. The van der Waals surface area contributed by atoms with Crippen LogP contribution in [-0.4, -0.2) is 19.1 Å². The van der Waals surface area contributed by atoms with Crippen molar-refractivity contribution in [3.63, 3.8) is 0 Å². The molecule has 3 nitrogen and oxygen atoms in total. The highest BCUT2D eigenvalue weighted by Crippen LogP contribution is 2.17. The minimum absolute atomic E-state index is 0.0936. The van der Waals surface area contributed by atoms with E-state index in [0.717, 1.165) is 0 Å². The maximum atomic E-state index is 13.2. The van der Waals surface area contributed by atoms with Crippen LogP contribution >= 0.6 is 0 Å². The normalized spacial score (nSPS) is 10.5. The van der Waals surface area contributed by atoms with Crippen LogP contribution in [0.15, 0.2) is 24.3 Å². The lowest BCUT2D eigenvalue weighted by molar-refractivity contribution is -0.118. The molecule has 0 aliphatic rings. The summed E-state index contributed by atoms with van der Waals surface area (Å²) in [5.41, 5.74) is 0.707. The summed E-state index contributed by atoms with van der Waals surface area (Å²) in [6, 6.07) is 4.50. The first-order valence-corrected chi connectivity index (χ1v) is 5.46. The van der Waals surface area contributed by atoms with Crippen LogP contribution in [0.3, 0.4) is 0 Å². The predicted octanol–water partition coefficient (Wildman–Crippen LogP) is 2.37. The lowest BCUT2D eigenvalue weighted by atomic mass is 10.2. The number of hydrogen-bond acceptors (Lipinski definition) is 2. The highest BCUT2D eigenvalue weighted by Gasteiger charge is 1.98. The van der Waals surface area contributed by atoms with Gasteiger partial charge in [0.25, 0.3) is 0 Å². The van der Waals surface area contributed by atoms with Gasteiger partial charge in [0, 0.05) is 19.5 Å². The van der Waals surface area contributed by atoms with Crippen LogP contribution < -0.4 is 10.1 Å². The molecular formula is C13H16FNO2. The van der Waals surface area contributed by atoms with E-state index in [1.165, 1.54) is 19.1 Å². The molecule has 0 saturated carbocycles. The van der Waals surface area contributed by atoms with Crippen LogP contribution in [0, 0.1) is 5.82 Å². The molecule has 0 aromatic heterocycles. The second-order valence-corrected chi connectivity index (χ2v) is 3.49. The lowest BCUT2D eigenvalue weighted by Crippen LogP contribution is -2.19. The predicted molar refractivity (Wildman–Crippen MR) is 65.3 cm³/mol. The molecule has 92 valence electrons. The molecule has 0 unspecified atom stereocenters. The second-order valence-electron chi connectivity index (χ2n) is 3.49. The molecule has 1 aromatic carbocycles. The van der Waals surface area contributed by atoms with Gasteiger partial charge in [-0.2, -0.15) is 0 Å². The highest BCUT2D eigenvalue weighted by atomic mass is 19.1. The number of benzene rings is 1. The highest BCUT2D eigenvalue weighted by molar-refractivity contribution is 5.73. The van der Waals surface area contributed by atoms with E-state index in [4.69, 9.17) is 4.74 Å². The zero-order valence-electron chi connectivity index (χ0n) is 10.00. The third-order valence-corrected chi connectivity index (χ3v) is 1.98. The van der Waals surface area contributed by atoms with E-state index in [1.54, 1.807) is 18.2 Å². The summed E-state index contributed by atoms with van der Waals surface area (Å²) < 4.78 is 18.4. The van der Waals surface area contributed by atoms with Crippen LogP contribution in [-0.2, 0) is 4.79 Å². The van der Waals surface area contributed by atoms with Gasteiger partial charge >= 0.3 is 0 Å². The van der Waals surface area contributed by atoms with E-state index in [2.05, 4.69) is 5.32 Å². The van der Waals surface area contributed by atoms with Gasteiger partial charge in [-0.3, -0.25) is 4.79 Å². The van der Waals surface area contributed by atoms with E-state index >= 15 is 0 Å². The van der Waals surface area contributed by atoms with Crippen molar-refractivity contribution in [1.82, 2.24) is 5.32 Å². The van der Waals surface area contributed by atoms with E-state index in [-0.39, 0.29) is 11.7 Å². The summed E-state index contributed by atoms with van der Waals surface area (Å²) >= 11 is 0. The number of rotatable bonds is 5. The van der Waals surface area contributed by atoms with Gasteiger partial charge in [-0.1, -0.05) is 12.2 Å². The first kappa shape index (κ1) is 13.2. The van der Waals surface area contributed by atoms with Crippen molar-refractivity contribution in [1.29, 1.82) is 0 Å². The molecule has 1 aromatic rings. The van der Waals surface area contributed by atoms with Crippen LogP contribution in [0.5, 0.6) is 5.75 Å². The molecule has 0 atom stereocenters. The third-order valence-electron chi connectivity index (χ3n) is 1.98. The largest absolute Gasteiger partial charge is 0.494 e. The smallest absolute Gasteiger partial charge is 0.217 e. The summed E-state index contributed by atoms with van der Waals surface area (Å²) in [6.07, 6.45) is 3.49. The molecule has 0 bridgehead atoms. The molecule has 0 heterocycles. The number of carbonyl (C=O) groups excluding carboxylic acids is 1. The second kappa shape index (κ2) is 6.68. The molecule has 1 rings (SSSR count). The van der Waals surface area contributed by atoms with Gasteiger partial charge in [-0.15, -0.1) is 0 Å². The quantitative estimate of drug-likeness (QED) is 0.853. The molecule has 1 amide bonds. The molecule has 0 spiro atoms. The monoisotopic (exact) mass is 237 g/mol. The van der Waals surface area contributed by atoms with Crippen molar-refractivity contribution in [2.75, 3.05) is 13.2 Å². The topological polar surface area (TPSA) is 38.3 Å². The van der Waals surface area contributed by atoms with Crippen molar-refractivity contribution >= 4 is 12.0 Å². The maximum Gasteiger partial charge on any atom is 0.217 e. The fraction of sp³-hybridized carbons (Fsp3) is 0.308. The van der Waals surface area contributed by atoms with E-state index in [0.29, 0.717) is 24.5 Å². The molecule has 0 saturated heterocycles. The number of amides is 1. The number of nitrogens with one attached hydrogen (secondary N) is 1. The van der Waals surface area contributed by atoms with Gasteiger partial charge in [-0.05, 0) is 24.6 Å². The van der Waals surface area contributed by atoms with Crippen LogP contribution in [0.4, 0.5) is 4.39 Å². The Bertz CT molecular complexity index is 416. The van der Waals surface area contributed by atoms with Crippen molar-refractivity contribution in [2.24, 2.45) is 0 Å². The average molecular weight is 237 g/mol. The summed E-state index contributed by atoms with van der Waals surface area (Å²) in [6.45, 7) is 4.22. The van der Waals surface area contributed by atoms with Crippen molar-refractivity contribution in [3.8, 4) is 5.75 Å². The van der Waals surface area contributed by atoms with E-state index in [9.17, 15) is 9.18 Å². The SMILES string of the molecule is CCOc1cc(F)cc(C=CCNC(C)=O)c1. The first-order chi connectivity index (χ1) is 8.11. The molecule has 0 aliphatic heterocycles. The molecular weight excluding hydrogens is 221 g/mol. The number of hydrogen-bond donors (Lipinski definition) is 1. The fourth-order valence-corrected chi connectivity index (χ4v) is 1.33. The summed E-state index contributed by atoms with van der Waals surface area (Å²) in [5.74, 6) is 0.0747. The standard InChI is InChI=1S/C13H16FNO2/c1-3-17-13-8-11(7-12(14)9-13)5-4-6-15-10(2)16/h4-5,7-9H,3,6H2,1-2H3,(H,15,16). The molecule has 4 heteroatoms. The van der Waals surface area contributed by atoms with Gasteiger partial charge in [-0.25, -0.2) is 4.39 Å². The first-order valence-electron chi connectivity index (χ1n) is 5.46. The van der Waals surface area contributed by atoms with Crippen molar-refractivity contribution in [2.45, 2.75) is 13.8 Å². The minimum atomic E-state index is -0.338. The fourth-order valence-electron chi connectivity index (χ4n) is 1.33. The van der Waals surface area contributed by atoms with Crippen molar-refractivity contribution < 1.29 is 13.9 Å².